The molecule has 1 spiro atoms. The van der Waals surface area contributed by atoms with E-state index < -0.39 is 44.0 Å². The Morgan fingerprint density at radius 3 is 2.57 bits per heavy atom. The molecule has 0 bridgehead atoms. The fourth-order valence-corrected chi connectivity index (χ4v) is 8.10. The number of pyridine rings is 1. The van der Waals surface area contributed by atoms with Crippen molar-refractivity contribution in [3.05, 3.63) is 72.7 Å². The van der Waals surface area contributed by atoms with E-state index in [1.165, 1.54) is 53.0 Å². The number of sulfone groups is 1. The number of nitrogens with one attached hydrogen (secondary N) is 1. The molecule has 44 heavy (non-hydrogen) atoms. The Balaban J connectivity index is 1.10. The molecule has 2 saturated heterocycles. The predicted molar refractivity (Wildman–Crippen MR) is 160 cm³/mol. The number of aliphatic hydroxyl groups is 2. The standard InChI is InChI=1S/C30H36FN3O8S2/c31-28-8-3-11-32-29(28)22-4-1-7-27(16-22)44(39,40)34-12-9-30(10-13-34)18-23(20-42-30)33-19-24(36)21-41-25-5-2-6-26(17-25)43(37,38)15-14-35/h1-8,11,16-17,23-24,33,35-36H,9-10,12-15,18-21H2. The van der Waals surface area contributed by atoms with Crippen molar-refractivity contribution in [3.8, 4) is 17.0 Å². The van der Waals surface area contributed by atoms with E-state index in [-0.39, 0.29) is 53.5 Å². The van der Waals surface area contributed by atoms with Gasteiger partial charge in [0.05, 0.1) is 34.4 Å². The van der Waals surface area contributed by atoms with Gasteiger partial charge in [-0.3, -0.25) is 4.98 Å². The fraction of sp³-hybridized carbons (Fsp3) is 0.433. The first-order valence-electron chi connectivity index (χ1n) is 14.3. The number of hydrogen-bond acceptors (Lipinski definition) is 10. The van der Waals surface area contributed by atoms with Gasteiger partial charge in [-0.05, 0) is 61.7 Å². The molecule has 2 aromatic carbocycles. The summed E-state index contributed by atoms with van der Waals surface area (Å²) >= 11 is 0. The summed E-state index contributed by atoms with van der Waals surface area (Å²) in [4.78, 5) is 4.17. The fourth-order valence-electron chi connectivity index (χ4n) is 5.56. The molecular formula is C30H36FN3O8S2. The molecule has 2 fully saturated rings. The van der Waals surface area contributed by atoms with E-state index in [0.717, 1.165) is 0 Å². The topological polar surface area (TPSA) is 155 Å². The third-order valence-corrected chi connectivity index (χ3v) is 11.5. The number of aliphatic hydroxyl groups excluding tert-OH is 2. The van der Waals surface area contributed by atoms with Crippen LogP contribution in [0, 0.1) is 5.82 Å². The van der Waals surface area contributed by atoms with E-state index in [1.54, 1.807) is 18.2 Å². The Morgan fingerprint density at radius 2 is 1.82 bits per heavy atom. The van der Waals surface area contributed by atoms with Crippen LogP contribution in [0.15, 0.2) is 76.7 Å². The lowest BCUT2D eigenvalue weighted by Gasteiger charge is -2.38. The van der Waals surface area contributed by atoms with Gasteiger partial charge in [-0.15, -0.1) is 0 Å². The molecule has 0 radical (unpaired) electrons. The maximum Gasteiger partial charge on any atom is 0.243 e. The number of halogens is 1. The highest BCUT2D eigenvalue weighted by atomic mass is 32.2. The first-order valence-corrected chi connectivity index (χ1v) is 17.4. The molecule has 11 nitrogen and oxygen atoms in total. The molecule has 2 aliphatic rings. The number of aromatic nitrogens is 1. The van der Waals surface area contributed by atoms with Gasteiger partial charge in [0, 0.05) is 37.4 Å². The van der Waals surface area contributed by atoms with Crippen molar-refractivity contribution in [2.75, 3.05) is 45.2 Å². The molecule has 238 valence electrons. The average molecular weight is 650 g/mol. The lowest BCUT2D eigenvalue weighted by Crippen LogP contribution is -2.47. The van der Waals surface area contributed by atoms with Crippen LogP contribution in [0.5, 0.6) is 5.75 Å². The predicted octanol–water partition coefficient (Wildman–Crippen LogP) is 2.00. The number of nitrogens with zero attached hydrogens (tertiary/aromatic N) is 2. The number of piperidine rings is 1. The van der Waals surface area contributed by atoms with Gasteiger partial charge in [0.25, 0.3) is 0 Å². The van der Waals surface area contributed by atoms with E-state index in [0.29, 0.717) is 37.2 Å². The number of hydrogen-bond donors (Lipinski definition) is 3. The van der Waals surface area contributed by atoms with Crippen LogP contribution in [0.4, 0.5) is 4.39 Å². The lowest BCUT2D eigenvalue weighted by atomic mass is 9.88. The molecule has 3 aromatic rings. The zero-order valence-electron chi connectivity index (χ0n) is 24.0. The highest BCUT2D eigenvalue weighted by Crippen LogP contribution is 2.37. The van der Waals surface area contributed by atoms with Gasteiger partial charge >= 0.3 is 0 Å². The maximum atomic E-state index is 14.3. The van der Waals surface area contributed by atoms with Gasteiger partial charge < -0.3 is 25.0 Å². The first kappa shape index (κ1) is 32.4. The number of rotatable bonds is 12. The highest BCUT2D eigenvalue weighted by Gasteiger charge is 2.44. The first-order chi connectivity index (χ1) is 21.0. The zero-order valence-corrected chi connectivity index (χ0v) is 25.6. The Kier molecular flexibility index (Phi) is 9.99. The summed E-state index contributed by atoms with van der Waals surface area (Å²) < 4.78 is 78.7. The molecule has 0 aliphatic carbocycles. The Labute approximate surface area is 256 Å². The van der Waals surface area contributed by atoms with E-state index in [4.69, 9.17) is 14.6 Å². The largest absolute Gasteiger partial charge is 0.491 e. The second kappa shape index (κ2) is 13.6. The Morgan fingerprint density at radius 1 is 1.07 bits per heavy atom. The van der Waals surface area contributed by atoms with Crippen LogP contribution in [0.1, 0.15) is 19.3 Å². The molecule has 3 N–H and O–H groups in total. The van der Waals surface area contributed by atoms with Crippen LogP contribution < -0.4 is 10.1 Å². The third kappa shape index (κ3) is 7.45. The highest BCUT2D eigenvalue weighted by molar-refractivity contribution is 7.91. The second-order valence-electron chi connectivity index (χ2n) is 11.1. The van der Waals surface area contributed by atoms with Crippen molar-refractivity contribution in [2.24, 2.45) is 0 Å². The zero-order chi connectivity index (χ0) is 31.4. The average Bonchev–Trinajstić information content (AvgIpc) is 3.41. The SMILES string of the molecule is O=S(=O)(CCO)c1cccc(OCC(O)CNC2COC3(CCN(S(=O)(=O)c4cccc(-c5ncccc5F)c4)CC3)C2)c1. The van der Waals surface area contributed by atoms with Crippen LogP contribution in [0.25, 0.3) is 11.3 Å². The summed E-state index contributed by atoms with van der Waals surface area (Å²) in [6, 6.07) is 14.8. The minimum atomic E-state index is -3.81. The third-order valence-electron chi connectivity index (χ3n) is 7.96. The van der Waals surface area contributed by atoms with Crippen LogP contribution in [0.2, 0.25) is 0 Å². The minimum absolute atomic E-state index is 0.0373. The van der Waals surface area contributed by atoms with Gasteiger partial charge in [0.15, 0.2) is 9.84 Å². The summed E-state index contributed by atoms with van der Waals surface area (Å²) in [5.41, 5.74) is 0.0123. The molecule has 2 aliphatic heterocycles. The van der Waals surface area contributed by atoms with Gasteiger partial charge in [-0.25, -0.2) is 21.2 Å². The maximum absolute atomic E-state index is 14.3. The van der Waals surface area contributed by atoms with Gasteiger partial charge in [-0.2, -0.15) is 4.31 Å². The van der Waals surface area contributed by atoms with E-state index in [1.807, 2.05) is 0 Å². The number of sulfonamides is 1. The normalized spacial score (nSPS) is 19.7. The molecule has 5 rings (SSSR count). The van der Waals surface area contributed by atoms with Crippen LogP contribution in [0.3, 0.4) is 0 Å². The van der Waals surface area contributed by atoms with Crippen molar-refractivity contribution in [1.82, 2.24) is 14.6 Å². The van der Waals surface area contributed by atoms with Crippen LogP contribution in [-0.2, 0) is 24.6 Å². The molecule has 2 unspecified atom stereocenters. The molecule has 1 aromatic heterocycles. The quantitative estimate of drug-likeness (QED) is 0.265. The van der Waals surface area contributed by atoms with Gasteiger partial charge in [0.2, 0.25) is 10.0 Å². The molecule has 0 amide bonds. The lowest BCUT2D eigenvalue weighted by molar-refractivity contribution is -0.0312. The smallest absolute Gasteiger partial charge is 0.243 e. The van der Waals surface area contributed by atoms with Crippen LogP contribution >= 0.6 is 0 Å². The number of ether oxygens (including phenoxy) is 2. The van der Waals surface area contributed by atoms with Gasteiger partial charge in [0.1, 0.15) is 30.0 Å². The second-order valence-corrected chi connectivity index (χ2v) is 15.1. The molecule has 0 saturated carbocycles. The molecular weight excluding hydrogens is 613 g/mol. The summed E-state index contributed by atoms with van der Waals surface area (Å²) in [7, 11) is -7.43. The Bertz CT molecular complexity index is 1660. The van der Waals surface area contributed by atoms with Crippen molar-refractivity contribution in [1.29, 1.82) is 0 Å². The van der Waals surface area contributed by atoms with Crippen molar-refractivity contribution in [3.63, 3.8) is 0 Å². The van der Waals surface area contributed by atoms with E-state index >= 15 is 0 Å². The minimum Gasteiger partial charge on any atom is -0.491 e. The van der Waals surface area contributed by atoms with E-state index in [2.05, 4.69) is 10.3 Å². The summed E-state index contributed by atoms with van der Waals surface area (Å²) in [6.45, 7) is 0.660. The van der Waals surface area contributed by atoms with Gasteiger partial charge in [-0.1, -0.05) is 18.2 Å². The summed E-state index contributed by atoms with van der Waals surface area (Å²) in [6.07, 6.45) is 2.28. The summed E-state index contributed by atoms with van der Waals surface area (Å²) in [5, 5.41) is 22.7. The summed E-state index contributed by atoms with van der Waals surface area (Å²) in [5.74, 6) is -0.616. The van der Waals surface area contributed by atoms with E-state index in [9.17, 15) is 26.3 Å². The monoisotopic (exact) mass is 649 g/mol. The van der Waals surface area contributed by atoms with Crippen molar-refractivity contribution >= 4 is 19.9 Å². The molecule has 2 atom stereocenters. The number of benzene rings is 2. The Hall–Kier alpha value is -2.98. The van der Waals surface area contributed by atoms with Crippen molar-refractivity contribution in [2.45, 2.75) is 46.8 Å². The molecule has 3 heterocycles. The molecule has 14 heteroatoms. The van der Waals surface area contributed by atoms with Crippen LogP contribution in [-0.4, -0.2) is 99.3 Å². The van der Waals surface area contributed by atoms with Crippen molar-refractivity contribution < 1.29 is 40.9 Å².